The minimum atomic E-state index is -0.694. The SMILES string of the molecule is CCN(CC)CC(O)COc1ccc(C(=O)c2ccccc2)c(OCC(O)CN(CC)CC)c1. The van der Waals surface area contributed by atoms with Crippen molar-refractivity contribution in [3.63, 3.8) is 0 Å². The number of benzene rings is 2. The van der Waals surface area contributed by atoms with Gasteiger partial charge in [0.25, 0.3) is 0 Å². The number of carbonyl (C=O) groups is 1. The molecule has 2 N–H and O–H groups in total. The number of nitrogens with zero attached hydrogens (tertiary/aromatic N) is 2. The van der Waals surface area contributed by atoms with Crippen molar-refractivity contribution in [2.75, 3.05) is 52.5 Å². The largest absolute Gasteiger partial charge is 0.491 e. The van der Waals surface area contributed by atoms with Gasteiger partial charge in [-0.3, -0.25) is 4.79 Å². The summed E-state index contributed by atoms with van der Waals surface area (Å²) in [5, 5.41) is 20.8. The summed E-state index contributed by atoms with van der Waals surface area (Å²) in [6.07, 6.45) is -1.33. The second-order valence-corrected chi connectivity index (χ2v) is 8.25. The van der Waals surface area contributed by atoms with Gasteiger partial charge < -0.3 is 29.5 Å². The summed E-state index contributed by atoms with van der Waals surface area (Å²) < 4.78 is 11.7. The molecule has 34 heavy (non-hydrogen) atoms. The molecule has 0 radical (unpaired) electrons. The third kappa shape index (κ3) is 8.72. The highest BCUT2D eigenvalue weighted by molar-refractivity contribution is 6.10. The minimum absolute atomic E-state index is 0.0552. The molecule has 7 nitrogen and oxygen atoms in total. The van der Waals surface area contributed by atoms with Gasteiger partial charge in [-0.2, -0.15) is 0 Å². The Hall–Kier alpha value is -2.45. The summed E-state index contributed by atoms with van der Waals surface area (Å²) in [7, 11) is 0. The summed E-state index contributed by atoms with van der Waals surface area (Å²) in [6.45, 7) is 12.8. The highest BCUT2D eigenvalue weighted by Crippen LogP contribution is 2.28. The molecule has 0 aliphatic carbocycles. The summed E-state index contributed by atoms with van der Waals surface area (Å²) in [4.78, 5) is 17.3. The third-order valence-corrected chi connectivity index (χ3v) is 5.83. The minimum Gasteiger partial charge on any atom is -0.491 e. The van der Waals surface area contributed by atoms with Crippen LogP contribution in [0.15, 0.2) is 48.5 Å². The monoisotopic (exact) mass is 472 g/mol. The number of likely N-dealkylation sites (N-methyl/N-ethyl adjacent to an activating group) is 2. The molecule has 0 aliphatic rings. The van der Waals surface area contributed by atoms with E-state index >= 15 is 0 Å². The average Bonchev–Trinajstić information content (AvgIpc) is 2.88. The van der Waals surface area contributed by atoms with Gasteiger partial charge in [0.15, 0.2) is 5.78 Å². The maximum Gasteiger partial charge on any atom is 0.196 e. The fraction of sp³-hybridized carbons (Fsp3) is 0.519. The number of carbonyl (C=O) groups excluding carboxylic acids is 1. The first-order valence-electron chi connectivity index (χ1n) is 12.2. The van der Waals surface area contributed by atoms with Crippen LogP contribution in [0.25, 0.3) is 0 Å². The lowest BCUT2D eigenvalue weighted by Gasteiger charge is -2.23. The van der Waals surface area contributed by atoms with Crippen LogP contribution in [0.5, 0.6) is 11.5 Å². The van der Waals surface area contributed by atoms with Gasteiger partial charge in [0.05, 0.1) is 5.56 Å². The van der Waals surface area contributed by atoms with Crippen LogP contribution >= 0.6 is 0 Å². The smallest absolute Gasteiger partial charge is 0.196 e. The molecule has 7 heteroatoms. The van der Waals surface area contributed by atoms with E-state index in [-0.39, 0.29) is 19.0 Å². The fourth-order valence-corrected chi connectivity index (χ4v) is 3.69. The summed E-state index contributed by atoms with van der Waals surface area (Å²) >= 11 is 0. The number of ketones is 1. The van der Waals surface area contributed by atoms with Gasteiger partial charge >= 0.3 is 0 Å². The van der Waals surface area contributed by atoms with Crippen LogP contribution in [0.3, 0.4) is 0 Å². The van der Waals surface area contributed by atoms with Gasteiger partial charge in [-0.15, -0.1) is 0 Å². The van der Waals surface area contributed by atoms with Crippen LogP contribution in [0.1, 0.15) is 43.6 Å². The number of rotatable bonds is 16. The molecular weight excluding hydrogens is 432 g/mol. The molecule has 2 unspecified atom stereocenters. The van der Waals surface area contributed by atoms with Crippen molar-refractivity contribution in [1.29, 1.82) is 0 Å². The zero-order valence-electron chi connectivity index (χ0n) is 20.9. The van der Waals surface area contributed by atoms with Gasteiger partial charge in [0.1, 0.15) is 36.9 Å². The van der Waals surface area contributed by atoms with Gasteiger partial charge in [-0.1, -0.05) is 58.0 Å². The standard InChI is InChI=1S/C27H40N2O5/c1-5-28(6-2)17-22(30)19-33-24-14-15-25(27(32)21-12-10-9-11-13-21)26(16-24)34-20-23(31)18-29(7-3)8-4/h9-16,22-23,30-31H,5-8,17-20H2,1-4H3. The van der Waals surface area contributed by atoms with E-state index in [1.165, 1.54) is 0 Å². The fourth-order valence-electron chi connectivity index (χ4n) is 3.69. The number of aliphatic hydroxyl groups is 2. The van der Waals surface area contributed by atoms with Gasteiger partial charge in [-0.25, -0.2) is 0 Å². The van der Waals surface area contributed by atoms with Crippen LogP contribution in [-0.2, 0) is 0 Å². The summed E-state index contributed by atoms with van der Waals surface area (Å²) in [5.74, 6) is 0.682. The van der Waals surface area contributed by atoms with Crippen molar-refractivity contribution < 1.29 is 24.5 Å². The van der Waals surface area contributed by atoms with Gasteiger partial charge in [0, 0.05) is 24.7 Å². The van der Waals surface area contributed by atoms with Crippen LogP contribution in [0.4, 0.5) is 0 Å². The van der Waals surface area contributed by atoms with Crippen LogP contribution < -0.4 is 9.47 Å². The van der Waals surface area contributed by atoms with Crippen molar-refractivity contribution in [1.82, 2.24) is 9.80 Å². The first-order chi connectivity index (χ1) is 16.4. The number of hydrogen-bond acceptors (Lipinski definition) is 7. The molecule has 188 valence electrons. The van der Waals surface area contributed by atoms with Crippen molar-refractivity contribution in [3.05, 3.63) is 59.7 Å². The van der Waals surface area contributed by atoms with Crippen LogP contribution in [-0.4, -0.2) is 90.5 Å². The third-order valence-electron chi connectivity index (χ3n) is 5.83. The lowest BCUT2D eigenvalue weighted by atomic mass is 10.0. The maximum atomic E-state index is 13.1. The zero-order valence-corrected chi connectivity index (χ0v) is 20.9. The second kappa shape index (κ2) is 14.7. The second-order valence-electron chi connectivity index (χ2n) is 8.25. The van der Waals surface area contributed by atoms with E-state index in [0.717, 1.165) is 26.2 Å². The van der Waals surface area contributed by atoms with Crippen molar-refractivity contribution in [2.45, 2.75) is 39.9 Å². The molecular formula is C27H40N2O5. The molecule has 2 aromatic rings. The Balaban J connectivity index is 2.16. The maximum absolute atomic E-state index is 13.1. The van der Waals surface area contributed by atoms with Gasteiger partial charge in [0.2, 0.25) is 0 Å². The number of aliphatic hydroxyl groups excluding tert-OH is 2. The molecule has 0 amide bonds. The molecule has 0 aromatic heterocycles. The Morgan fingerprint density at radius 3 is 1.85 bits per heavy atom. The molecule has 2 rings (SSSR count). The normalized spacial score (nSPS) is 13.2. The zero-order chi connectivity index (χ0) is 24.9. The van der Waals surface area contributed by atoms with Crippen molar-refractivity contribution in [3.8, 4) is 11.5 Å². The van der Waals surface area contributed by atoms with E-state index < -0.39 is 12.2 Å². The van der Waals surface area contributed by atoms with E-state index in [1.54, 1.807) is 30.3 Å². The van der Waals surface area contributed by atoms with Crippen LogP contribution in [0.2, 0.25) is 0 Å². The summed E-state index contributed by atoms with van der Waals surface area (Å²) in [5.41, 5.74) is 0.955. The Bertz CT molecular complexity index is 853. The summed E-state index contributed by atoms with van der Waals surface area (Å²) in [6, 6.07) is 14.0. The molecule has 0 aliphatic heterocycles. The van der Waals surface area contributed by atoms with E-state index in [9.17, 15) is 15.0 Å². The molecule has 0 fully saturated rings. The molecule has 2 aromatic carbocycles. The Labute approximate surface area is 203 Å². The molecule has 0 bridgehead atoms. The first kappa shape index (κ1) is 27.8. The molecule has 0 saturated heterocycles. The van der Waals surface area contributed by atoms with E-state index in [4.69, 9.17) is 9.47 Å². The predicted molar refractivity (Wildman–Crippen MR) is 135 cm³/mol. The van der Waals surface area contributed by atoms with Crippen LogP contribution in [0, 0.1) is 0 Å². The quantitative estimate of drug-likeness (QED) is 0.363. The average molecular weight is 473 g/mol. The van der Waals surface area contributed by atoms with Crippen molar-refractivity contribution in [2.24, 2.45) is 0 Å². The first-order valence-corrected chi connectivity index (χ1v) is 12.2. The topological polar surface area (TPSA) is 82.5 Å². The molecule has 0 saturated carbocycles. The van der Waals surface area contributed by atoms with E-state index in [2.05, 4.69) is 23.6 Å². The number of hydrogen-bond donors (Lipinski definition) is 2. The van der Waals surface area contributed by atoms with Crippen molar-refractivity contribution >= 4 is 5.78 Å². The molecule has 0 heterocycles. The molecule has 2 atom stereocenters. The van der Waals surface area contributed by atoms with E-state index in [0.29, 0.717) is 35.7 Å². The lowest BCUT2D eigenvalue weighted by molar-refractivity contribution is 0.0684. The van der Waals surface area contributed by atoms with Gasteiger partial charge in [-0.05, 0) is 38.3 Å². The lowest BCUT2D eigenvalue weighted by Crippen LogP contribution is -2.35. The Morgan fingerprint density at radius 1 is 0.794 bits per heavy atom. The number of ether oxygens (including phenoxy) is 2. The predicted octanol–water partition coefficient (Wildman–Crippen LogP) is 3.08. The Kier molecular flexibility index (Phi) is 12.0. The highest BCUT2D eigenvalue weighted by atomic mass is 16.5. The van der Waals surface area contributed by atoms with E-state index in [1.807, 2.05) is 32.0 Å². The molecule has 0 spiro atoms. The highest BCUT2D eigenvalue weighted by Gasteiger charge is 2.18. The Morgan fingerprint density at radius 2 is 1.32 bits per heavy atom.